The molecule has 0 saturated carbocycles. The van der Waals surface area contributed by atoms with E-state index in [1.807, 2.05) is 45.0 Å². The minimum Gasteiger partial charge on any atom is -0.465 e. The summed E-state index contributed by atoms with van der Waals surface area (Å²) < 4.78 is 6.57. The lowest BCUT2D eigenvalue weighted by Crippen LogP contribution is -2.06. The third-order valence-corrected chi connectivity index (χ3v) is 3.02. The zero-order valence-electron chi connectivity index (χ0n) is 11.0. The van der Waals surface area contributed by atoms with Crippen molar-refractivity contribution in [3.8, 4) is 5.69 Å². The molecule has 0 aliphatic carbocycles. The zero-order chi connectivity index (χ0) is 13.3. The van der Waals surface area contributed by atoms with E-state index in [9.17, 15) is 4.79 Å². The standard InChI is InChI=1S/C14H16N2O2/c1-9-7-5-6-8-12(9)16-11(3)13(10(2)15-16)14(17)18-4/h5-8H,1-4H3. The molecule has 0 aliphatic heterocycles. The summed E-state index contributed by atoms with van der Waals surface area (Å²) in [5.41, 5.74) is 4.12. The Hall–Kier alpha value is -2.10. The quantitative estimate of drug-likeness (QED) is 0.763. The van der Waals surface area contributed by atoms with Gasteiger partial charge in [-0.2, -0.15) is 5.10 Å². The molecular formula is C14H16N2O2. The molecule has 0 aliphatic rings. The van der Waals surface area contributed by atoms with Crippen LogP contribution in [0.5, 0.6) is 0 Å². The number of carbonyl (C=O) groups excluding carboxylic acids is 1. The molecule has 0 N–H and O–H groups in total. The molecule has 18 heavy (non-hydrogen) atoms. The molecule has 0 bridgehead atoms. The minimum absolute atomic E-state index is 0.343. The first-order valence-electron chi connectivity index (χ1n) is 5.76. The van der Waals surface area contributed by atoms with E-state index in [0.717, 1.165) is 16.9 Å². The molecule has 2 rings (SSSR count). The van der Waals surface area contributed by atoms with Crippen LogP contribution in [0.25, 0.3) is 5.69 Å². The summed E-state index contributed by atoms with van der Waals surface area (Å²) in [6, 6.07) is 7.93. The Morgan fingerprint density at radius 1 is 1.22 bits per heavy atom. The van der Waals surface area contributed by atoms with Crippen LogP contribution in [0.3, 0.4) is 0 Å². The molecule has 0 saturated heterocycles. The van der Waals surface area contributed by atoms with Gasteiger partial charge in [-0.15, -0.1) is 0 Å². The highest BCUT2D eigenvalue weighted by molar-refractivity contribution is 5.91. The lowest BCUT2D eigenvalue weighted by Gasteiger charge is -2.07. The van der Waals surface area contributed by atoms with Crippen molar-refractivity contribution < 1.29 is 9.53 Å². The summed E-state index contributed by atoms with van der Waals surface area (Å²) in [7, 11) is 1.38. The van der Waals surface area contributed by atoms with Crippen LogP contribution in [-0.4, -0.2) is 22.9 Å². The Labute approximate surface area is 106 Å². The maximum absolute atomic E-state index is 11.7. The average Bonchev–Trinajstić information content (AvgIpc) is 2.65. The van der Waals surface area contributed by atoms with Crippen LogP contribution in [-0.2, 0) is 4.74 Å². The summed E-state index contributed by atoms with van der Waals surface area (Å²) in [5.74, 6) is -0.343. The average molecular weight is 244 g/mol. The lowest BCUT2D eigenvalue weighted by molar-refractivity contribution is 0.0599. The van der Waals surface area contributed by atoms with Gasteiger partial charge in [-0.3, -0.25) is 0 Å². The number of nitrogens with zero attached hydrogens (tertiary/aromatic N) is 2. The van der Waals surface area contributed by atoms with Crippen LogP contribution in [0.2, 0.25) is 0 Å². The van der Waals surface area contributed by atoms with Gasteiger partial charge in [0, 0.05) is 0 Å². The number of aryl methyl sites for hydroxylation is 2. The van der Waals surface area contributed by atoms with Crippen molar-refractivity contribution in [2.45, 2.75) is 20.8 Å². The number of hydrogen-bond acceptors (Lipinski definition) is 3. The molecule has 2 aromatic rings. The van der Waals surface area contributed by atoms with Gasteiger partial charge in [0.25, 0.3) is 0 Å². The summed E-state index contributed by atoms with van der Waals surface area (Å²) in [6.07, 6.45) is 0. The number of carbonyl (C=O) groups is 1. The topological polar surface area (TPSA) is 44.1 Å². The van der Waals surface area contributed by atoms with Crippen molar-refractivity contribution in [2.24, 2.45) is 0 Å². The molecule has 0 spiro atoms. The Morgan fingerprint density at radius 3 is 2.50 bits per heavy atom. The third kappa shape index (κ3) is 1.90. The minimum atomic E-state index is -0.343. The van der Waals surface area contributed by atoms with Gasteiger partial charge < -0.3 is 4.74 Å². The van der Waals surface area contributed by atoms with Crippen molar-refractivity contribution >= 4 is 5.97 Å². The molecule has 4 nitrogen and oxygen atoms in total. The van der Waals surface area contributed by atoms with Crippen LogP contribution in [0, 0.1) is 20.8 Å². The molecule has 0 radical (unpaired) electrons. The summed E-state index contributed by atoms with van der Waals surface area (Å²) in [4.78, 5) is 11.7. The fourth-order valence-electron chi connectivity index (χ4n) is 2.08. The first-order chi connectivity index (χ1) is 8.56. The maximum Gasteiger partial charge on any atom is 0.341 e. The van der Waals surface area contributed by atoms with E-state index in [2.05, 4.69) is 5.10 Å². The number of ether oxygens (including phenoxy) is 1. The highest BCUT2D eigenvalue weighted by Gasteiger charge is 2.20. The zero-order valence-corrected chi connectivity index (χ0v) is 11.0. The molecule has 1 aromatic carbocycles. The number of methoxy groups -OCH3 is 1. The van der Waals surface area contributed by atoms with Crippen molar-refractivity contribution in [3.63, 3.8) is 0 Å². The predicted octanol–water partition coefficient (Wildman–Crippen LogP) is 2.58. The van der Waals surface area contributed by atoms with Gasteiger partial charge in [0.15, 0.2) is 0 Å². The molecule has 94 valence electrons. The number of aromatic nitrogens is 2. The monoisotopic (exact) mass is 244 g/mol. The van der Waals surface area contributed by atoms with E-state index in [-0.39, 0.29) is 5.97 Å². The molecule has 0 fully saturated rings. The Kier molecular flexibility index (Phi) is 3.19. The van der Waals surface area contributed by atoms with E-state index < -0.39 is 0 Å². The highest BCUT2D eigenvalue weighted by Crippen LogP contribution is 2.20. The van der Waals surface area contributed by atoms with Crippen molar-refractivity contribution in [2.75, 3.05) is 7.11 Å². The predicted molar refractivity (Wildman–Crippen MR) is 69.1 cm³/mol. The summed E-state index contributed by atoms with van der Waals surface area (Å²) in [6.45, 7) is 5.70. The third-order valence-electron chi connectivity index (χ3n) is 3.02. The van der Waals surface area contributed by atoms with Gasteiger partial charge >= 0.3 is 5.97 Å². The molecular weight excluding hydrogens is 228 g/mol. The van der Waals surface area contributed by atoms with Gasteiger partial charge in [-0.1, -0.05) is 18.2 Å². The van der Waals surface area contributed by atoms with E-state index in [1.54, 1.807) is 4.68 Å². The van der Waals surface area contributed by atoms with Crippen molar-refractivity contribution in [3.05, 3.63) is 46.8 Å². The van der Waals surface area contributed by atoms with Gasteiger partial charge in [0.1, 0.15) is 5.56 Å². The molecule has 4 heteroatoms. The van der Waals surface area contributed by atoms with Gasteiger partial charge in [-0.25, -0.2) is 9.48 Å². The second kappa shape index (κ2) is 4.64. The van der Waals surface area contributed by atoms with E-state index in [1.165, 1.54) is 7.11 Å². The maximum atomic E-state index is 11.7. The van der Waals surface area contributed by atoms with Gasteiger partial charge in [-0.05, 0) is 32.4 Å². The number of para-hydroxylation sites is 1. The first-order valence-corrected chi connectivity index (χ1v) is 5.76. The van der Waals surface area contributed by atoms with Crippen molar-refractivity contribution in [1.82, 2.24) is 9.78 Å². The molecule has 0 unspecified atom stereocenters. The number of benzene rings is 1. The fourth-order valence-corrected chi connectivity index (χ4v) is 2.08. The molecule has 1 heterocycles. The SMILES string of the molecule is COC(=O)c1c(C)nn(-c2ccccc2C)c1C. The fraction of sp³-hybridized carbons (Fsp3) is 0.286. The summed E-state index contributed by atoms with van der Waals surface area (Å²) in [5, 5.41) is 4.43. The normalized spacial score (nSPS) is 10.4. The van der Waals surface area contributed by atoms with Crippen LogP contribution < -0.4 is 0 Å². The largest absolute Gasteiger partial charge is 0.465 e. The first kappa shape index (κ1) is 12.4. The number of esters is 1. The van der Waals surface area contributed by atoms with Crippen LogP contribution in [0.4, 0.5) is 0 Å². The highest BCUT2D eigenvalue weighted by atomic mass is 16.5. The number of hydrogen-bond donors (Lipinski definition) is 0. The second-order valence-corrected chi connectivity index (χ2v) is 4.24. The van der Waals surface area contributed by atoms with Gasteiger partial charge in [0.2, 0.25) is 0 Å². The molecule has 1 aromatic heterocycles. The van der Waals surface area contributed by atoms with E-state index in [4.69, 9.17) is 4.74 Å². The summed E-state index contributed by atoms with van der Waals surface area (Å²) >= 11 is 0. The Bertz CT molecular complexity index is 600. The second-order valence-electron chi connectivity index (χ2n) is 4.24. The lowest BCUT2D eigenvalue weighted by atomic mass is 10.2. The van der Waals surface area contributed by atoms with E-state index in [0.29, 0.717) is 11.3 Å². The molecule has 0 amide bonds. The Morgan fingerprint density at radius 2 is 1.89 bits per heavy atom. The van der Waals surface area contributed by atoms with E-state index >= 15 is 0 Å². The van der Waals surface area contributed by atoms with Crippen LogP contribution >= 0.6 is 0 Å². The Balaban J connectivity index is 2.62. The van der Waals surface area contributed by atoms with Crippen LogP contribution in [0.15, 0.2) is 24.3 Å². The number of rotatable bonds is 2. The molecule has 0 atom stereocenters. The van der Waals surface area contributed by atoms with Crippen LogP contribution in [0.1, 0.15) is 27.3 Å². The van der Waals surface area contributed by atoms with Gasteiger partial charge in [0.05, 0.1) is 24.2 Å². The smallest absolute Gasteiger partial charge is 0.341 e. The van der Waals surface area contributed by atoms with Crippen molar-refractivity contribution in [1.29, 1.82) is 0 Å².